The molecule has 0 radical (unpaired) electrons. The zero-order valence-corrected chi connectivity index (χ0v) is 16.8. The van der Waals surface area contributed by atoms with Crippen molar-refractivity contribution in [2.75, 3.05) is 6.54 Å². The number of ether oxygens (including phenoxy) is 1. The van der Waals surface area contributed by atoms with Gasteiger partial charge in [-0.05, 0) is 48.9 Å². The first-order valence-electron chi connectivity index (χ1n) is 9.60. The first-order valence-corrected chi connectivity index (χ1v) is 9.98. The molecule has 1 heterocycles. The molecule has 2 atom stereocenters. The number of rotatable bonds is 3. The molecule has 1 aliphatic heterocycles. The highest BCUT2D eigenvalue weighted by Crippen LogP contribution is 2.44. The lowest BCUT2D eigenvalue weighted by Gasteiger charge is -2.33. The Balaban J connectivity index is 1.86. The molecule has 2 aromatic carbocycles. The summed E-state index contributed by atoms with van der Waals surface area (Å²) in [7, 11) is 0. The highest BCUT2D eigenvalue weighted by atomic mass is 35.5. The summed E-state index contributed by atoms with van der Waals surface area (Å²) in [6.07, 6.45) is 2.75. The Bertz CT molecular complexity index is 1050. The number of allylic oxidation sites excluding steroid dienone is 1. The van der Waals surface area contributed by atoms with Crippen LogP contribution in [0.4, 0.5) is 10.5 Å². The fourth-order valence-corrected chi connectivity index (χ4v) is 4.64. The van der Waals surface area contributed by atoms with Gasteiger partial charge in [0.15, 0.2) is 11.9 Å². The number of carbonyl (C=O) groups is 2. The number of carbonyl (C=O) groups excluding carboxylic acids is 1. The molecule has 0 spiro atoms. The number of benzene rings is 2. The molecule has 0 bridgehead atoms. The fourth-order valence-electron chi connectivity index (χ4n) is 4.35. The maximum absolute atomic E-state index is 13.0. The van der Waals surface area contributed by atoms with Crippen molar-refractivity contribution in [3.63, 3.8) is 0 Å². The van der Waals surface area contributed by atoms with E-state index < -0.39 is 11.9 Å². The molecule has 7 heteroatoms. The van der Waals surface area contributed by atoms with Gasteiger partial charge in [-0.3, -0.25) is 4.79 Å². The number of aryl methyl sites for hydroxylation is 1. The van der Waals surface area contributed by atoms with Crippen molar-refractivity contribution < 1.29 is 19.4 Å². The normalized spacial score (nSPS) is 23.1. The lowest BCUT2D eigenvalue weighted by molar-refractivity contribution is 0.0843. The summed E-state index contributed by atoms with van der Waals surface area (Å²) in [5.74, 6) is 5.73. The summed E-state index contributed by atoms with van der Waals surface area (Å²) in [6, 6.07) is 11.8. The van der Waals surface area contributed by atoms with Gasteiger partial charge >= 0.3 is 6.16 Å². The molecule has 150 valence electrons. The van der Waals surface area contributed by atoms with Gasteiger partial charge in [0.1, 0.15) is 6.54 Å². The van der Waals surface area contributed by atoms with Gasteiger partial charge < -0.3 is 9.84 Å². The van der Waals surface area contributed by atoms with Gasteiger partial charge in [0.25, 0.3) is 0 Å². The van der Waals surface area contributed by atoms with Crippen LogP contribution in [0.15, 0.2) is 48.4 Å². The van der Waals surface area contributed by atoms with Crippen LogP contribution in [0.2, 0.25) is 5.02 Å². The molecule has 0 saturated heterocycles. The molecule has 0 aromatic heterocycles. The van der Waals surface area contributed by atoms with E-state index in [1.54, 1.807) is 12.1 Å². The van der Waals surface area contributed by atoms with E-state index in [2.05, 4.69) is 12.1 Å². The van der Waals surface area contributed by atoms with Crippen LogP contribution in [0.25, 0.3) is 0 Å². The van der Waals surface area contributed by atoms with Crippen molar-refractivity contribution >= 4 is 29.2 Å². The van der Waals surface area contributed by atoms with E-state index in [0.717, 1.165) is 24.8 Å². The molecule has 0 saturated carbocycles. The van der Waals surface area contributed by atoms with Gasteiger partial charge in [0.05, 0.1) is 10.6 Å². The predicted molar refractivity (Wildman–Crippen MR) is 111 cm³/mol. The summed E-state index contributed by atoms with van der Waals surface area (Å²) >= 11 is 6.69. The molecule has 6 nitrogen and oxygen atoms in total. The van der Waals surface area contributed by atoms with Crippen LogP contribution in [0.5, 0.6) is 0 Å². The number of ketones is 1. The van der Waals surface area contributed by atoms with E-state index >= 15 is 0 Å². The van der Waals surface area contributed by atoms with E-state index in [-0.39, 0.29) is 16.3 Å². The van der Waals surface area contributed by atoms with Crippen LogP contribution in [-0.4, -0.2) is 23.6 Å². The molecule has 0 amide bonds. The van der Waals surface area contributed by atoms with E-state index in [0.29, 0.717) is 22.8 Å². The second-order valence-corrected chi connectivity index (χ2v) is 7.88. The minimum Gasteiger partial charge on any atom is -0.449 e. The third kappa shape index (κ3) is 3.33. The van der Waals surface area contributed by atoms with Crippen LogP contribution in [0.3, 0.4) is 0 Å². The third-order valence-corrected chi connectivity index (χ3v) is 6.17. The SMILES string of the molecule is CC[N@+]1(N)C=C(OC(=O)O)C(=O)c2cc(C3CCCc4ccccc43)c(Cl)cc21. The fraction of sp³-hybridized carbons (Fsp3) is 0.273. The van der Waals surface area contributed by atoms with Crippen molar-refractivity contribution in [3.05, 3.63) is 75.6 Å². The number of fused-ring (bicyclic) bond motifs is 2. The largest absolute Gasteiger partial charge is 0.511 e. The number of nitrogens with two attached hydrogens (primary N) is 1. The van der Waals surface area contributed by atoms with E-state index in [1.807, 2.05) is 19.1 Å². The standard InChI is InChI=1S/C22H21ClN2O4/c1-2-25(24)12-20(29-22(27)28)21(26)17-10-16(18(23)11-19(17)25)15-9-5-7-13-6-3-4-8-14(13)15/h3-4,6,8,10-12,15H,2,5,7,9,24H2,1H3/p+1/t15?,25-/m0/s1. The van der Waals surface area contributed by atoms with Crippen molar-refractivity contribution in [1.29, 1.82) is 0 Å². The summed E-state index contributed by atoms with van der Waals surface area (Å²) in [4.78, 5) is 24.0. The minimum absolute atomic E-state index is 0.0709. The molecular weight excluding hydrogens is 392 g/mol. The topological polar surface area (TPSA) is 89.6 Å². The zero-order valence-electron chi connectivity index (χ0n) is 16.0. The van der Waals surface area contributed by atoms with Gasteiger partial charge in [-0.25, -0.2) is 4.79 Å². The van der Waals surface area contributed by atoms with Crippen LogP contribution in [-0.2, 0) is 11.2 Å². The van der Waals surface area contributed by atoms with Crippen molar-refractivity contribution in [1.82, 2.24) is 4.59 Å². The molecule has 29 heavy (non-hydrogen) atoms. The molecule has 1 aliphatic carbocycles. The molecular formula is C22H22ClN2O4+. The zero-order chi connectivity index (χ0) is 20.8. The first-order chi connectivity index (χ1) is 13.8. The maximum Gasteiger partial charge on any atom is 0.511 e. The quantitative estimate of drug-likeness (QED) is 0.431. The summed E-state index contributed by atoms with van der Waals surface area (Å²) < 4.78 is 4.47. The minimum atomic E-state index is -1.55. The van der Waals surface area contributed by atoms with Crippen LogP contribution in [0.1, 0.15) is 52.7 Å². The van der Waals surface area contributed by atoms with Gasteiger partial charge in [-0.15, -0.1) is 0 Å². The first kappa shape index (κ1) is 19.6. The smallest absolute Gasteiger partial charge is 0.449 e. The van der Waals surface area contributed by atoms with Gasteiger partial charge in [-0.2, -0.15) is 10.4 Å². The highest BCUT2D eigenvalue weighted by molar-refractivity contribution is 6.32. The van der Waals surface area contributed by atoms with Crippen LogP contribution in [0, 0.1) is 0 Å². The van der Waals surface area contributed by atoms with E-state index in [1.165, 1.54) is 17.3 Å². The monoisotopic (exact) mass is 413 g/mol. The Morgan fingerprint density at radius 2 is 2.07 bits per heavy atom. The average molecular weight is 414 g/mol. The lowest BCUT2D eigenvalue weighted by atomic mass is 9.78. The number of halogens is 1. The highest BCUT2D eigenvalue weighted by Gasteiger charge is 2.40. The van der Waals surface area contributed by atoms with Gasteiger partial charge in [0, 0.05) is 12.0 Å². The predicted octanol–water partition coefficient (Wildman–Crippen LogP) is 4.74. The Morgan fingerprint density at radius 1 is 1.31 bits per heavy atom. The Hall–Kier alpha value is -2.67. The number of hydrogen-bond acceptors (Lipinski definition) is 4. The number of hydrogen-bond donors (Lipinski definition) is 2. The molecule has 1 unspecified atom stereocenters. The summed E-state index contributed by atoms with van der Waals surface area (Å²) in [6.45, 7) is 2.24. The van der Waals surface area contributed by atoms with Crippen molar-refractivity contribution in [2.45, 2.75) is 32.1 Å². The van der Waals surface area contributed by atoms with E-state index in [9.17, 15) is 9.59 Å². The van der Waals surface area contributed by atoms with Gasteiger partial charge in [0.2, 0.25) is 11.5 Å². The lowest BCUT2D eigenvalue weighted by Crippen LogP contribution is -2.54. The van der Waals surface area contributed by atoms with E-state index in [4.69, 9.17) is 27.3 Å². The molecule has 2 aliphatic rings. The Kier molecular flexibility index (Phi) is 4.94. The molecule has 3 N–H and O–H groups in total. The van der Waals surface area contributed by atoms with Crippen molar-refractivity contribution in [3.8, 4) is 0 Å². The molecule has 4 rings (SSSR count). The summed E-state index contributed by atoms with van der Waals surface area (Å²) in [5, 5.41) is 9.55. The number of nitrogens with zero attached hydrogens (tertiary/aromatic N) is 1. The average Bonchev–Trinajstić information content (AvgIpc) is 2.71. The Morgan fingerprint density at radius 3 is 2.79 bits per heavy atom. The number of Topliss-reactive ketones (excluding diaryl/α,β-unsaturated/α-hetero) is 1. The summed E-state index contributed by atoms with van der Waals surface area (Å²) in [5.41, 5.74) is 4.22. The molecule has 2 aromatic rings. The number of carboxylic acid groups (broad SMARTS) is 1. The number of quaternary nitrogens is 1. The van der Waals surface area contributed by atoms with Crippen LogP contribution >= 0.6 is 11.6 Å². The molecule has 0 fully saturated rings. The second-order valence-electron chi connectivity index (χ2n) is 7.47. The van der Waals surface area contributed by atoms with Crippen LogP contribution < -0.4 is 10.4 Å². The maximum atomic E-state index is 13.0. The second kappa shape index (κ2) is 7.30. The van der Waals surface area contributed by atoms with Crippen molar-refractivity contribution in [2.24, 2.45) is 5.84 Å². The Labute approximate surface area is 173 Å². The third-order valence-electron chi connectivity index (χ3n) is 5.84. The van der Waals surface area contributed by atoms with Gasteiger partial charge in [-0.1, -0.05) is 35.9 Å².